The van der Waals surface area contributed by atoms with Crippen molar-refractivity contribution in [2.75, 3.05) is 6.61 Å². The number of halogens is 2. The van der Waals surface area contributed by atoms with Crippen LogP contribution in [0.15, 0.2) is 72.8 Å². The molecular formula is C35H32F2O. The minimum absolute atomic E-state index is 0.299. The quantitative estimate of drug-likeness (QED) is 0.151. The lowest BCUT2D eigenvalue weighted by Crippen LogP contribution is -1.97. The normalized spacial score (nSPS) is 11.5. The Labute approximate surface area is 224 Å². The highest BCUT2D eigenvalue weighted by molar-refractivity contribution is 5.78. The topological polar surface area (TPSA) is 9.23 Å². The molecular weight excluding hydrogens is 474 g/mol. The first-order valence-electron chi connectivity index (χ1n) is 13.5. The van der Waals surface area contributed by atoms with E-state index >= 15 is 0 Å². The summed E-state index contributed by atoms with van der Waals surface area (Å²) in [6, 6.07) is 22.3. The van der Waals surface area contributed by atoms with Crippen LogP contribution in [0.2, 0.25) is 0 Å². The minimum atomic E-state index is -0.414. The van der Waals surface area contributed by atoms with Crippen LogP contribution in [0.5, 0.6) is 5.75 Å². The summed E-state index contributed by atoms with van der Waals surface area (Å²) in [5, 5.41) is 0. The highest BCUT2D eigenvalue weighted by atomic mass is 19.1. The zero-order valence-corrected chi connectivity index (χ0v) is 22.0. The molecule has 4 aromatic rings. The summed E-state index contributed by atoms with van der Waals surface area (Å²) in [4.78, 5) is 0. The first-order chi connectivity index (χ1) is 18.5. The van der Waals surface area contributed by atoms with Crippen molar-refractivity contribution in [3.63, 3.8) is 0 Å². The van der Waals surface area contributed by atoms with Gasteiger partial charge < -0.3 is 4.74 Å². The summed E-state index contributed by atoms with van der Waals surface area (Å²) in [7, 11) is 0. The second-order valence-corrected chi connectivity index (χ2v) is 10.0. The van der Waals surface area contributed by atoms with Gasteiger partial charge in [0.25, 0.3) is 0 Å². The van der Waals surface area contributed by atoms with E-state index < -0.39 is 5.82 Å². The lowest BCUT2D eigenvalue weighted by atomic mass is 10.0. The summed E-state index contributed by atoms with van der Waals surface area (Å²) >= 11 is 0. The first kappa shape index (κ1) is 25.7. The Balaban J connectivity index is 1.26. The molecule has 1 aliphatic rings. The van der Waals surface area contributed by atoms with Crippen LogP contribution in [0.4, 0.5) is 8.78 Å². The summed E-state index contributed by atoms with van der Waals surface area (Å²) < 4.78 is 34.7. The van der Waals surface area contributed by atoms with Crippen molar-refractivity contribution in [2.24, 2.45) is 0 Å². The fraction of sp³-hybridized carbons (Fsp3) is 0.257. The number of rotatable bonds is 8. The molecule has 3 heteroatoms. The summed E-state index contributed by atoms with van der Waals surface area (Å²) in [5.41, 5.74) is 7.96. The Morgan fingerprint density at radius 1 is 0.711 bits per heavy atom. The smallest absolute Gasteiger partial charge is 0.139 e. The van der Waals surface area contributed by atoms with Gasteiger partial charge in [-0.1, -0.05) is 74.8 Å². The third-order valence-electron chi connectivity index (χ3n) is 7.19. The van der Waals surface area contributed by atoms with Gasteiger partial charge in [0.15, 0.2) is 0 Å². The van der Waals surface area contributed by atoms with Gasteiger partial charge in [-0.05, 0) is 101 Å². The van der Waals surface area contributed by atoms with Crippen molar-refractivity contribution in [3.05, 3.63) is 112 Å². The fourth-order valence-corrected chi connectivity index (χ4v) is 4.96. The van der Waals surface area contributed by atoms with Crippen molar-refractivity contribution in [1.82, 2.24) is 0 Å². The fourth-order valence-electron chi connectivity index (χ4n) is 4.96. The maximum absolute atomic E-state index is 14.8. The first-order valence-corrected chi connectivity index (χ1v) is 13.5. The molecule has 0 saturated heterocycles. The van der Waals surface area contributed by atoms with Crippen molar-refractivity contribution >= 4 is 0 Å². The van der Waals surface area contributed by atoms with E-state index in [-0.39, 0.29) is 5.82 Å². The Morgan fingerprint density at radius 2 is 1.42 bits per heavy atom. The van der Waals surface area contributed by atoms with E-state index in [1.54, 1.807) is 31.2 Å². The molecule has 5 rings (SSSR count). The van der Waals surface area contributed by atoms with E-state index in [9.17, 15) is 8.78 Å². The maximum atomic E-state index is 14.8. The Kier molecular flexibility index (Phi) is 7.89. The highest BCUT2D eigenvalue weighted by Crippen LogP contribution is 2.38. The molecule has 0 N–H and O–H groups in total. The van der Waals surface area contributed by atoms with Crippen LogP contribution in [-0.4, -0.2) is 6.61 Å². The van der Waals surface area contributed by atoms with E-state index in [0.29, 0.717) is 22.3 Å². The number of hydrogen-bond donors (Lipinski definition) is 0. The molecule has 192 valence electrons. The molecule has 0 heterocycles. The molecule has 0 unspecified atom stereocenters. The molecule has 0 aromatic heterocycles. The lowest BCUT2D eigenvalue weighted by Gasteiger charge is -2.08. The zero-order valence-electron chi connectivity index (χ0n) is 22.0. The van der Waals surface area contributed by atoms with E-state index in [1.165, 1.54) is 60.1 Å². The van der Waals surface area contributed by atoms with Crippen LogP contribution in [0.25, 0.3) is 22.3 Å². The Hall–Kier alpha value is -3.90. The molecule has 1 aliphatic carbocycles. The Morgan fingerprint density at radius 3 is 2.18 bits per heavy atom. The van der Waals surface area contributed by atoms with Crippen LogP contribution in [0.1, 0.15) is 66.8 Å². The second-order valence-electron chi connectivity index (χ2n) is 10.0. The van der Waals surface area contributed by atoms with Gasteiger partial charge in [-0.3, -0.25) is 0 Å². The van der Waals surface area contributed by atoms with Gasteiger partial charge in [0.1, 0.15) is 17.4 Å². The van der Waals surface area contributed by atoms with Crippen LogP contribution < -0.4 is 4.74 Å². The predicted octanol–water partition coefficient (Wildman–Crippen LogP) is 9.26. The third kappa shape index (κ3) is 5.81. The van der Waals surface area contributed by atoms with E-state index in [2.05, 4.69) is 49.1 Å². The molecule has 0 bridgehead atoms. The van der Waals surface area contributed by atoms with Crippen molar-refractivity contribution in [2.45, 2.75) is 52.4 Å². The highest BCUT2D eigenvalue weighted by Gasteiger charge is 2.19. The van der Waals surface area contributed by atoms with Gasteiger partial charge in [0.05, 0.1) is 12.2 Å². The van der Waals surface area contributed by atoms with Gasteiger partial charge >= 0.3 is 0 Å². The molecule has 1 nitrogen and oxygen atoms in total. The van der Waals surface area contributed by atoms with Crippen molar-refractivity contribution in [1.29, 1.82) is 0 Å². The average Bonchev–Trinajstić information content (AvgIpc) is 3.28. The molecule has 0 atom stereocenters. The van der Waals surface area contributed by atoms with Gasteiger partial charge in [0, 0.05) is 5.56 Å². The lowest BCUT2D eigenvalue weighted by molar-refractivity contribution is 0.304. The molecule has 0 saturated carbocycles. The Bertz CT molecular complexity index is 1520. The number of hydrogen-bond acceptors (Lipinski definition) is 1. The van der Waals surface area contributed by atoms with Crippen LogP contribution in [0.3, 0.4) is 0 Å². The summed E-state index contributed by atoms with van der Waals surface area (Å²) in [6.45, 7) is 4.69. The summed E-state index contributed by atoms with van der Waals surface area (Å²) in [6.07, 6.45) is 6.96. The minimum Gasteiger partial charge on any atom is -0.494 e. The standard InChI is InChI=1S/C35H32F2O/c1-3-4-5-6-7-18-38-31-15-17-33-30(21-31)20-29-19-25(10-16-32(29)33)9-12-26-13-14-28(23-35(26)37)27-11-8-24(2)34(36)22-27/h8,10-11,13-17,19,21-23H,3-7,18,20H2,1-2H3. The van der Waals surface area contributed by atoms with E-state index in [1.807, 2.05) is 6.07 Å². The molecule has 0 amide bonds. The largest absolute Gasteiger partial charge is 0.494 e. The van der Waals surface area contributed by atoms with Gasteiger partial charge in [-0.15, -0.1) is 0 Å². The second kappa shape index (κ2) is 11.7. The average molecular weight is 507 g/mol. The third-order valence-corrected chi connectivity index (χ3v) is 7.19. The maximum Gasteiger partial charge on any atom is 0.139 e. The van der Waals surface area contributed by atoms with Crippen LogP contribution >= 0.6 is 0 Å². The molecule has 0 radical (unpaired) electrons. The number of aryl methyl sites for hydroxylation is 1. The number of unbranched alkanes of at least 4 members (excludes halogenated alkanes) is 4. The molecule has 0 aliphatic heterocycles. The number of ether oxygens (including phenoxy) is 1. The summed E-state index contributed by atoms with van der Waals surface area (Å²) in [5.74, 6) is 6.31. The number of benzene rings is 4. The molecule has 0 fully saturated rings. The van der Waals surface area contributed by atoms with Crippen molar-refractivity contribution < 1.29 is 13.5 Å². The van der Waals surface area contributed by atoms with E-state index in [0.717, 1.165) is 30.8 Å². The van der Waals surface area contributed by atoms with Gasteiger partial charge in [-0.2, -0.15) is 0 Å². The monoisotopic (exact) mass is 506 g/mol. The number of fused-ring (bicyclic) bond motifs is 3. The zero-order chi connectivity index (χ0) is 26.5. The molecule has 4 aromatic carbocycles. The molecule has 0 spiro atoms. The van der Waals surface area contributed by atoms with Crippen LogP contribution in [-0.2, 0) is 6.42 Å². The van der Waals surface area contributed by atoms with Gasteiger partial charge in [0.2, 0.25) is 0 Å². The van der Waals surface area contributed by atoms with Crippen LogP contribution in [0, 0.1) is 30.4 Å². The molecule has 38 heavy (non-hydrogen) atoms. The van der Waals surface area contributed by atoms with Gasteiger partial charge in [-0.25, -0.2) is 8.78 Å². The predicted molar refractivity (Wildman–Crippen MR) is 151 cm³/mol. The SMILES string of the molecule is CCCCCCCOc1ccc2c(c1)Cc1cc(C#Cc3ccc(-c4ccc(C)c(F)c4)cc3F)ccc1-2. The van der Waals surface area contributed by atoms with E-state index in [4.69, 9.17) is 4.74 Å². The van der Waals surface area contributed by atoms with Crippen molar-refractivity contribution in [3.8, 4) is 39.8 Å².